The van der Waals surface area contributed by atoms with Gasteiger partial charge >= 0.3 is 12.1 Å². The Kier molecular flexibility index (Phi) is 6.29. The second-order valence-corrected chi connectivity index (χ2v) is 8.94. The lowest BCUT2D eigenvalue weighted by atomic mass is 10.2. The lowest BCUT2D eigenvalue weighted by molar-refractivity contribution is 0.206. The van der Waals surface area contributed by atoms with Gasteiger partial charge in [-0.25, -0.2) is 14.6 Å². The molecule has 0 spiro atoms. The van der Waals surface area contributed by atoms with Crippen LogP contribution in [0.4, 0.5) is 20.4 Å². The summed E-state index contributed by atoms with van der Waals surface area (Å²) in [6, 6.07) is 4.88. The Balaban J connectivity index is 1.37. The molecule has 3 N–H and O–H groups in total. The topological polar surface area (TPSA) is 95.6 Å². The monoisotopic (exact) mass is 449 g/mol. The number of thiazole rings is 1. The first-order valence-corrected chi connectivity index (χ1v) is 11.2. The maximum Gasteiger partial charge on any atom is 0.322 e. The van der Waals surface area contributed by atoms with Crippen molar-refractivity contribution in [2.24, 2.45) is 0 Å². The van der Waals surface area contributed by atoms with Crippen LogP contribution >= 0.6 is 22.9 Å². The molecule has 1 aliphatic carbocycles. The number of carbonyl (C=O) groups is 2. The third kappa shape index (κ3) is 4.79. The van der Waals surface area contributed by atoms with Crippen molar-refractivity contribution in [2.75, 3.05) is 24.3 Å². The van der Waals surface area contributed by atoms with E-state index in [2.05, 4.69) is 20.9 Å². The SMILES string of the molecule is COc1ccc(Cl)cc1NC(=O)N1CCc2nc(NC(=O)NC3CCCC3)sc2C1. The number of anilines is 2. The first-order valence-electron chi connectivity index (χ1n) is 9.97. The van der Waals surface area contributed by atoms with Crippen LogP contribution in [-0.4, -0.2) is 41.6 Å². The molecule has 1 aliphatic heterocycles. The number of ether oxygens (including phenoxy) is 1. The zero-order valence-electron chi connectivity index (χ0n) is 16.7. The van der Waals surface area contributed by atoms with E-state index in [1.54, 1.807) is 30.2 Å². The minimum absolute atomic E-state index is 0.212. The first-order chi connectivity index (χ1) is 14.5. The number of amides is 4. The average molecular weight is 450 g/mol. The number of benzene rings is 1. The smallest absolute Gasteiger partial charge is 0.322 e. The van der Waals surface area contributed by atoms with E-state index in [1.165, 1.54) is 11.3 Å². The number of methoxy groups -OCH3 is 1. The van der Waals surface area contributed by atoms with Gasteiger partial charge in [-0.2, -0.15) is 0 Å². The molecule has 1 saturated carbocycles. The van der Waals surface area contributed by atoms with Gasteiger partial charge in [-0.15, -0.1) is 0 Å². The lowest BCUT2D eigenvalue weighted by Crippen LogP contribution is -2.38. The van der Waals surface area contributed by atoms with Crippen molar-refractivity contribution in [1.82, 2.24) is 15.2 Å². The Morgan fingerprint density at radius 2 is 2.07 bits per heavy atom. The van der Waals surface area contributed by atoms with Gasteiger partial charge in [-0.05, 0) is 31.0 Å². The minimum atomic E-state index is -0.233. The van der Waals surface area contributed by atoms with E-state index in [0.29, 0.717) is 41.1 Å². The van der Waals surface area contributed by atoms with E-state index in [0.717, 1.165) is 36.3 Å². The molecule has 8 nitrogen and oxygen atoms in total. The number of hydrogen-bond donors (Lipinski definition) is 3. The normalized spacial score (nSPS) is 16.1. The summed E-state index contributed by atoms with van der Waals surface area (Å²) < 4.78 is 5.29. The summed E-state index contributed by atoms with van der Waals surface area (Å²) in [6.07, 6.45) is 5.02. The molecule has 2 aliphatic rings. The number of carbonyl (C=O) groups excluding carboxylic acids is 2. The van der Waals surface area contributed by atoms with Gasteiger partial charge in [0.1, 0.15) is 5.75 Å². The van der Waals surface area contributed by atoms with Crippen molar-refractivity contribution in [3.63, 3.8) is 0 Å². The quantitative estimate of drug-likeness (QED) is 0.642. The largest absolute Gasteiger partial charge is 0.495 e. The second kappa shape index (κ2) is 9.09. The molecule has 1 aromatic carbocycles. The van der Waals surface area contributed by atoms with Crippen LogP contribution in [0.25, 0.3) is 0 Å². The van der Waals surface area contributed by atoms with E-state index in [9.17, 15) is 9.59 Å². The molecule has 160 valence electrons. The molecule has 4 amide bonds. The van der Waals surface area contributed by atoms with Crippen LogP contribution in [0.2, 0.25) is 5.02 Å². The van der Waals surface area contributed by atoms with Crippen LogP contribution in [-0.2, 0) is 13.0 Å². The molecule has 30 heavy (non-hydrogen) atoms. The molecule has 0 bridgehead atoms. The van der Waals surface area contributed by atoms with Crippen LogP contribution in [0.5, 0.6) is 5.75 Å². The number of hydrogen-bond acceptors (Lipinski definition) is 5. The Morgan fingerprint density at radius 1 is 1.27 bits per heavy atom. The van der Waals surface area contributed by atoms with Gasteiger partial charge in [0.25, 0.3) is 0 Å². The van der Waals surface area contributed by atoms with Crippen molar-refractivity contribution in [1.29, 1.82) is 0 Å². The number of rotatable bonds is 4. The van der Waals surface area contributed by atoms with E-state index in [4.69, 9.17) is 16.3 Å². The summed E-state index contributed by atoms with van der Waals surface area (Å²) in [7, 11) is 1.54. The summed E-state index contributed by atoms with van der Waals surface area (Å²) >= 11 is 7.45. The van der Waals surface area contributed by atoms with Crippen molar-refractivity contribution in [3.8, 4) is 5.75 Å². The number of aromatic nitrogens is 1. The molecule has 2 heterocycles. The molecule has 0 atom stereocenters. The maximum absolute atomic E-state index is 12.8. The molecule has 10 heteroatoms. The Hall–Kier alpha value is -2.52. The van der Waals surface area contributed by atoms with Crippen molar-refractivity contribution in [3.05, 3.63) is 33.8 Å². The number of fused-ring (bicyclic) bond motifs is 1. The molecule has 4 rings (SSSR count). The maximum atomic E-state index is 12.8. The van der Waals surface area contributed by atoms with Crippen molar-refractivity contribution in [2.45, 2.75) is 44.7 Å². The van der Waals surface area contributed by atoms with E-state index in [1.807, 2.05) is 0 Å². The van der Waals surface area contributed by atoms with Crippen molar-refractivity contribution >= 4 is 45.8 Å². The molecule has 0 saturated heterocycles. The molecule has 0 unspecified atom stereocenters. The molecule has 1 fully saturated rings. The molecule has 2 aromatic rings. The standard InChI is InChI=1S/C20H24ClN5O3S/c1-29-16-7-6-12(21)10-15(16)24-20(28)26-9-8-14-17(11-26)30-19(23-14)25-18(27)22-13-4-2-3-5-13/h6-7,10,13H,2-5,8-9,11H2,1H3,(H,24,28)(H2,22,23,25,27). The predicted molar refractivity (Wildman–Crippen MR) is 118 cm³/mol. The fraction of sp³-hybridized carbons (Fsp3) is 0.450. The van der Waals surface area contributed by atoms with E-state index < -0.39 is 0 Å². The van der Waals surface area contributed by atoms with Crippen LogP contribution in [0.3, 0.4) is 0 Å². The molecular weight excluding hydrogens is 426 g/mol. The predicted octanol–water partition coefficient (Wildman–Crippen LogP) is 4.46. The van der Waals surface area contributed by atoms with Crippen LogP contribution in [0, 0.1) is 0 Å². The molecular formula is C20H24ClN5O3S. The molecule has 0 radical (unpaired) electrons. The Labute approximate surface area is 184 Å². The molecule has 1 aromatic heterocycles. The van der Waals surface area contributed by atoms with E-state index in [-0.39, 0.29) is 18.1 Å². The fourth-order valence-corrected chi connectivity index (χ4v) is 4.97. The highest BCUT2D eigenvalue weighted by Gasteiger charge is 2.26. The third-order valence-corrected chi connectivity index (χ3v) is 6.57. The summed E-state index contributed by atoms with van der Waals surface area (Å²) in [6.45, 7) is 0.979. The zero-order valence-corrected chi connectivity index (χ0v) is 18.2. The number of urea groups is 2. The van der Waals surface area contributed by atoms with Gasteiger partial charge in [0, 0.05) is 28.9 Å². The fourth-order valence-electron chi connectivity index (χ4n) is 3.78. The van der Waals surface area contributed by atoms with Crippen LogP contribution in [0.1, 0.15) is 36.3 Å². The third-order valence-electron chi connectivity index (χ3n) is 5.33. The van der Waals surface area contributed by atoms with Crippen molar-refractivity contribution < 1.29 is 14.3 Å². The minimum Gasteiger partial charge on any atom is -0.495 e. The highest BCUT2D eigenvalue weighted by atomic mass is 35.5. The summed E-state index contributed by atoms with van der Waals surface area (Å²) in [4.78, 5) is 32.2. The first kappa shape index (κ1) is 20.7. The lowest BCUT2D eigenvalue weighted by Gasteiger charge is -2.26. The number of halogens is 1. The van der Waals surface area contributed by atoms with Gasteiger partial charge in [0.15, 0.2) is 5.13 Å². The van der Waals surface area contributed by atoms with Gasteiger partial charge < -0.3 is 20.3 Å². The van der Waals surface area contributed by atoms with Gasteiger partial charge in [-0.3, -0.25) is 5.32 Å². The Morgan fingerprint density at radius 3 is 2.83 bits per heavy atom. The van der Waals surface area contributed by atoms with E-state index >= 15 is 0 Å². The van der Waals surface area contributed by atoms with Gasteiger partial charge in [-0.1, -0.05) is 35.8 Å². The summed E-state index contributed by atoms with van der Waals surface area (Å²) in [5, 5.41) is 9.78. The van der Waals surface area contributed by atoms with Gasteiger partial charge in [0.2, 0.25) is 0 Å². The van der Waals surface area contributed by atoms with Crippen LogP contribution < -0.4 is 20.7 Å². The van der Waals surface area contributed by atoms with Crippen LogP contribution in [0.15, 0.2) is 18.2 Å². The zero-order chi connectivity index (χ0) is 21.1. The number of nitrogens with zero attached hydrogens (tertiary/aromatic N) is 2. The summed E-state index contributed by atoms with van der Waals surface area (Å²) in [5.74, 6) is 0.544. The van der Waals surface area contributed by atoms with Gasteiger partial charge in [0.05, 0.1) is 25.0 Å². The second-order valence-electron chi connectivity index (χ2n) is 7.42. The number of nitrogens with one attached hydrogen (secondary N) is 3. The highest BCUT2D eigenvalue weighted by molar-refractivity contribution is 7.15. The highest BCUT2D eigenvalue weighted by Crippen LogP contribution is 2.31. The summed E-state index contributed by atoms with van der Waals surface area (Å²) in [5.41, 5.74) is 1.46. The average Bonchev–Trinajstić information content (AvgIpc) is 3.36. The Bertz CT molecular complexity index is 945.